The Bertz CT molecular complexity index is 741. The standard InChI is InChI=1S/C18H30OS2.C6H4Cl2/c1-3-21(14-20)12-10-15(2)17-9-8-16(13-18(17)21)7-5-4-6-11-19;7-5-3-1-2-4-6(5)8/h8-9,13,15,19-20H,3-7,10-12,14H2,1-2H3;1-4H. The van der Waals surface area contributed by atoms with Crippen LogP contribution in [0, 0.1) is 0 Å². The van der Waals surface area contributed by atoms with E-state index in [2.05, 4.69) is 32.0 Å². The summed E-state index contributed by atoms with van der Waals surface area (Å²) in [5.74, 6) is 3.33. The Morgan fingerprint density at radius 3 is 2.31 bits per heavy atom. The Morgan fingerprint density at radius 1 is 1.07 bits per heavy atom. The predicted octanol–water partition coefficient (Wildman–Crippen LogP) is 7.96. The zero-order chi connectivity index (χ0) is 21.3. The maximum atomic E-state index is 8.88. The molecule has 2 atom stereocenters. The van der Waals surface area contributed by atoms with Crippen molar-refractivity contribution >= 4 is 45.9 Å². The van der Waals surface area contributed by atoms with Crippen LogP contribution < -0.4 is 0 Å². The second kappa shape index (κ2) is 12.5. The number of halogens is 2. The second-order valence-corrected chi connectivity index (χ2v) is 13.0. The van der Waals surface area contributed by atoms with Crippen LogP contribution in [-0.2, 0) is 6.42 Å². The van der Waals surface area contributed by atoms with Gasteiger partial charge in [-0.15, -0.1) is 0 Å². The summed E-state index contributed by atoms with van der Waals surface area (Å²) in [6, 6.07) is 14.4. The first-order valence-electron chi connectivity index (χ1n) is 10.5. The fraction of sp³-hybridized carbons (Fsp3) is 0.500. The fourth-order valence-electron chi connectivity index (χ4n) is 3.77. The van der Waals surface area contributed by atoms with Crippen molar-refractivity contribution < 1.29 is 5.11 Å². The minimum Gasteiger partial charge on any atom is -0.396 e. The van der Waals surface area contributed by atoms with Crippen molar-refractivity contribution in [1.82, 2.24) is 0 Å². The molecule has 162 valence electrons. The van der Waals surface area contributed by atoms with Crippen LogP contribution in [0.2, 0.25) is 10.0 Å². The van der Waals surface area contributed by atoms with Crippen molar-refractivity contribution in [1.29, 1.82) is 0 Å². The third kappa shape index (κ3) is 6.83. The van der Waals surface area contributed by atoms with Gasteiger partial charge < -0.3 is 5.11 Å². The first kappa shape index (κ1) is 24.9. The van der Waals surface area contributed by atoms with E-state index in [0.717, 1.165) is 24.3 Å². The Morgan fingerprint density at radius 2 is 1.76 bits per heavy atom. The molecule has 1 aliphatic heterocycles. The van der Waals surface area contributed by atoms with Crippen molar-refractivity contribution in [3.05, 3.63) is 63.6 Å². The summed E-state index contributed by atoms with van der Waals surface area (Å²) in [6.45, 7) is 5.04. The average molecular weight is 474 g/mol. The topological polar surface area (TPSA) is 20.2 Å². The van der Waals surface area contributed by atoms with Gasteiger partial charge in [-0.05, 0) is 77.3 Å². The molecule has 0 aliphatic carbocycles. The summed E-state index contributed by atoms with van der Waals surface area (Å²) >= 11 is 15.9. The van der Waals surface area contributed by atoms with Crippen LogP contribution in [0.1, 0.15) is 56.6 Å². The van der Waals surface area contributed by atoms with Gasteiger partial charge in [-0.25, -0.2) is 10.0 Å². The van der Waals surface area contributed by atoms with Gasteiger partial charge in [-0.3, -0.25) is 0 Å². The molecule has 2 aromatic carbocycles. The quantitative estimate of drug-likeness (QED) is 0.309. The molecule has 29 heavy (non-hydrogen) atoms. The van der Waals surface area contributed by atoms with E-state index in [1.54, 1.807) is 22.6 Å². The van der Waals surface area contributed by atoms with Crippen molar-refractivity contribution in [3.63, 3.8) is 0 Å². The predicted molar refractivity (Wildman–Crippen MR) is 136 cm³/mol. The van der Waals surface area contributed by atoms with Crippen LogP contribution in [-0.4, -0.2) is 28.3 Å². The highest BCUT2D eigenvalue weighted by molar-refractivity contribution is 8.38. The van der Waals surface area contributed by atoms with E-state index in [9.17, 15) is 0 Å². The Balaban J connectivity index is 0.000000313. The molecule has 0 saturated heterocycles. The summed E-state index contributed by atoms with van der Waals surface area (Å²) < 4.78 is 0. The summed E-state index contributed by atoms with van der Waals surface area (Å²) in [5, 5.41) is 11.1. The number of hydrogen-bond acceptors (Lipinski definition) is 2. The molecule has 0 saturated carbocycles. The number of benzene rings is 2. The monoisotopic (exact) mass is 472 g/mol. The van der Waals surface area contributed by atoms with Crippen molar-refractivity contribution in [3.8, 4) is 0 Å². The van der Waals surface area contributed by atoms with Crippen molar-refractivity contribution in [2.24, 2.45) is 0 Å². The van der Waals surface area contributed by atoms with E-state index < -0.39 is 10.0 Å². The fourth-order valence-corrected chi connectivity index (χ4v) is 8.64. The van der Waals surface area contributed by atoms with Gasteiger partial charge in [-0.1, -0.05) is 67.7 Å². The van der Waals surface area contributed by atoms with Crippen LogP contribution >= 0.6 is 45.9 Å². The first-order valence-corrected chi connectivity index (χ1v) is 14.0. The molecule has 0 fully saturated rings. The van der Waals surface area contributed by atoms with Crippen LogP contribution in [0.15, 0.2) is 47.4 Å². The highest BCUT2D eigenvalue weighted by Gasteiger charge is 2.32. The summed E-state index contributed by atoms with van der Waals surface area (Å²) in [7, 11) is -0.699. The van der Waals surface area contributed by atoms with E-state index >= 15 is 0 Å². The molecule has 1 nitrogen and oxygen atoms in total. The number of rotatable bonds is 7. The van der Waals surface area contributed by atoms with Crippen molar-refractivity contribution in [2.45, 2.75) is 56.8 Å². The smallest absolute Gasteiger partial charge is 0.0592 e. The summed E-state index contributed by atoms with van der Waals surface area (Å²) in [6.07, 6.45) is 5.72. The Kier molecular flexibility index (Phi) is 10.8. The van der Waals surface area contributed by atoms with E-state index in [4.69, 9.17) is 40.9 Å². The SMILES string of the molecule is CCS1(CS)CCC(C)c2ccc(CCCCCO)cc21.Clc1ccccc1Cl. The zero-order valence-electron chi connectivity index (χ0n) is 17.5. The van der Waals surface area contributed by atoms with E-state index in [0.29, 0.717) is 22.6 Å². The number of aliphatic hydroxyl groups is 1. The number of aliphatic hydroxyl groups excluding tert-OH is 1. The lowest BCUT2D eigenvalue weighted by Gasteiger charge is -2.45. The Labute approximate surface area is 193 Å². The average Bonchev–Trinajstić information content (AvgIpc) is 2.75. The largest absolute Gasteiger partial charge is 0.396 e. The van der Waals surface area contributed by atoms with Crippen molar-refractivity contribution in [2.75, 3.05) is 23.2 Å². The number of thiol groups is 1. The van der Waals surface area contributed by atoms with E-state index in [-0.39, 0.29) is 0 Å². The molecule has 0 aromatic heterocycles. The molecule has 1 N–H and O–H groups in total. The maximum absolute atomic E-state index is 8.88. The van der Waals surface area contributed by atoms with Gasteiger partial charge >= 0.3 is 0 Å². The lowest BCUT2D eigenvalue weighted by Crippen LogP contribution is -2.20. The first-order chi connectivity index (χ1) is 14.0. The Hall–Kier alpha value is -0.320. The molecule has 1 aliphatic rings. The number of fused-ring (bicyclic) bond motifs is 1. The van der Waals surface area contributed by atoms with E-state index in [1.165, 1.54) is 29.9 Å². The summed E-state index contributed by atoms with van der Waals surface area (Å²) in [4.78, 5) is 1.65. The number of unbranched alkanes of at least 4 members (excludes halogenated alkanes) is 2. The van der Waals surface area contributed by atoms with Gasteiger partial charge in [0.25, 0.3) is 0 Å². The minimum absolute atomic E-state index is 0.324. The molecule has 2 aromatic rings. The van der Waals surface area contributed by atoms with Gasteiger partial charge in [0.05, 0.1) is 10.0 Å². The van der Waals surface area contributed by atoms with Crippen LogP contribution in [0.5, 0.6) is 0 Å². The highest BCUT2D eigenvalue weighted by Crippen LogP contribution is 2.62. The van der Waals surface area contributed by atoms with Gasteiger partial charge in [0.2, 0.25) is 0 Å². The van der Waals surface area contributed by atoms with Crippen LogP contribution in [0.3, 0.4) is 0 Å². The van der Waals surface area contributed by atoms with Gasteiger partial charge in [-0.2, -0.15) is 12.6 Å². The molecule has 2 unspecified atom stereocenters. The van der Waals surface area contributed by atoms with Crippen LogP contribution in [0.4, 0.5) is 0 Å². The molecule has 0 radical (unpaired) electrons. The molecule has 0 spiro atoms. The van der Waals surface area contributed by atoms with Crippen LogP contribution in [0.25, 0.3) is 0 Å². The zero-order valence-corrected chi connectivity index (χ0v) is 20.8. The van der Waals surface area contributed by atoms with Gasteiger partial charge in [0, 0.05) is 11.7 Å². The molecular weight excluding hydrogens is 439 g/mol. The molecular formula is C24H34Cl2OS2. The minimum atomic E-state index is -0.699. The second-order valence-electron chi connectivity index (χ2n) is 7.68. The normalized spacial score (nSPS) is 22.8. The summed E-state index contributed by atoms with van der Waals surface area (Å²) in [5.41, 5.74) is 3.07. The highest BCUT2D eigenvalue weighted by atomic mass is 35.5. The molecule has 1 heterocycles. The number of aryl methyl sites for hydroxylation is 1. The molecule has 3 rings (SSSR count). The lowest BCUT2D eigenvalue weighted by molar-refractivity contribution is 0.283. The maximum Gasteiger partial charge on any atom is 0.0592 e. The molecule has 0 bridgehead atoms. The number of hydrogen-bond donors (Lipinski definition) is 2. The third-order valence-corrected chi connectivity index (χ3v) is 11.9. The molecule has 5 heteroatoms. The third-order valence-electron chi connectivity index (χ3n) is 5.76. The van der Waals surface area contributed by atoms with Gasteiger partial charge in [0.1, 0.15) is 0 Å². The van der Waals surface area contributed by atoms with E-state index in [1.807, 2.05) is 12.1 Å². The lowest BCUT2D eigenvalue weighted by atomic mass is 9.95. The molecule has 0 amide bonds. The van der Waals surface area contributed by atoms with Gasteiger partial charge in [0.15, 0.2) is 0 Å².